The summed E-state index contributed by atoms with van der Waals surface area (Å²) in [5, 5.41) is 0. The molecule has 3 fully saturated rings. The Hall–Kier alpha value is 0.0374. The summed E-state index contributed by atoms with van der Waals surface area (Å²) in [6, 6.07) is 0. The van der Waals surface area contributed by atoms with E-state index in [2.05, 4.69) is 13.8 Å². The first-order valence-corrected chi connectivity index (χ1v) is 12.9. The molecule has 0 aromatic heterocycles. The van der Waals surface area contributed by atoms with Crippen molar-refractivity contribution < 1.29 is 0 Å². The summed E-state index contributed by atoms with van der Waals surface area (Å²) < 4.78 is 0. The molecule has 0 aliphatic heterocycles. The van der Waals surface area contributed by atoms with Crippen molar-refractivity contribution >= 4 is 18.9 Å². The second kappa shape index (κ2) is 10.6. The molecule has 4 rings (SSSR count). The third-order valence-electron chi connectivity index (χ3n) is 8.88. The molecule has 2 heteroatoms. The predicted molar refractivity (Wildman–Crippen MR) is 128 cm³/mol. The molecule has 160 valence electrons. The molecule has 1 atom stereocenters. The Bertz CT molecular complexity index is 596. The van der Waals surface area contributed by atoms with E-state index in [0.717, 1.165) is 24.2 Å². The van der Waals surface area contributed by atoms with Gasteiger partial charge in [-0.15, -0.1) is 0 Å². The van der Waals surface area contributed by atoms with Crippen LogP contribution < -0.4 is 5.73 Å². The average Bonchev–Trinajstić information content (AvgIpc) is 3.17. The molecule has 0 spiro atoms. The van der Waals surface area contributed by atoms with Crippen molar-refractivity contribution in [2.24, 2.45) is 23.5 Å². The van der Waals surface area contributed by atoms with Crippen LogP contribution in [-0.2, 0) is 0 Å². The van der Waals surface area contributed by atoms with Crippen LogP contribution in [0.1, 0.15) is 123 Å². The molecule has 2 N–H and O–H groups in total. The van der Waals surface area contributed by atoms with E-state index >= 15 is 0 Å². The summed E-state index contributed by atoms with van der Waals surface area (Å²) in [6.45, 7) is 4.65. The van der Waals surface area contributed by atoms with Gasteiger partial charge in [0.05, 0.1) is 0 Å². The van der Waals surface area contributed by atoms with Crippen molar-refractivity contribution in [1.82, 2.24) is 0 Å². The molecule has 29 heavy (non-hydrogen) atoms. The summed E-state index contributed by atoms with van der Waals surface area (Å²) in [7, 11) is 0. The molecular formula is C27H46LiN. The SMILES string of the molecule is CCC(C)(N)C1=C(C2CCCCC2)C(C2CCCCC2)=C(C2CCCCC2)C1.[LiH]. The first-order chi connectivity index (χ1) is 13.6. The van der Waals surface area contributed by atoms with Gasteiger partial charge in [-0.1, -0.05) is 70.3 Å². The molecular weight excluding hydrogens is 345 g/mol. The van der Waals surface area contributed by atoms with Crippen LogP contribution in [0.2, 0.25) is 0 Å². The molecule has 4 aliphatic carbocycles. The van der Waals surface area contributed by atoms with Gasteiger partial charge in [-0.25, -0.2) is 0 Å². The van der Waals surface area contributed by atoms with Gasteiger partial charge >= 0.3 is 18.9 Å². The standard InChI is InChI=1S/C27H45N.Li.H/c1-3-27(2,28)24-19-23(20-13-7-4-8-14-20)25(21-15-9-5-10-16-21)26(24)22-17-11-6-12-18-22;;/h20-22H,3-19,28H2,1-2H3;;. The number of hydrogen-bond donors (Lipinski definition) is 1. The number of nitrogens with two attached hydrogens (primary N) is 1. The Kier molecular flexibility index (Phi) is 8.64. The van der Waals surface area contributed by atoms with Crippen molar-refractivity contribution in [1.29, 1.82) is 0 Å². The van der Waals surface area contributed by atoms with E-state index in [1.807, 2.05) is 16.7 Å². The molecule has 0 aromatic rings. The topological polar surface area (TPSA) is 26.0 Å². The van der Waals surface area contributed by atoms with E-state index in [4.69, 9.17) is 5.73 Å². The van der Waals surface area contributed by atoms with Gasteiger partial charge in [0.2, 0.25) is 0 Å². The summed E-state index contributed by atoms with van der Waals surface area (Å²) in [5.74, 6) is 2.54. The van der Waals surface area contributed by atoms with Gasteiger partial charge in [-0.05, 0) is 92.8 Å². The fourth-order valence-electron chi connectivity index (χ4n) is 6.99. The molecule has 0 bridgehead atoms. The maximum absolute atomic E-state index is 7.02. The second-order valence-corrected chi connectivity index (χ2v) is 10.8. The number of allylic oxidation sites excluding steroid dienone is 3. The Balaban J connectivity index is 0.00000240. The van der Waals surface area contributed by atoms with E-state index in [9.17, 15) is 0 Å². The van der Waals surface area contributed by atoms with Crippen LogP contribution in [0.5, 0.6) is 0 Å². The third-order valence-corrected chi connectivity index (χ3v) is 8.88. The van der Waals surface area contributed by atoms with Crippen molar-refractivity contribution in [2.45, 2.75) is 129 Å². The Morgan fingerprint density at radius 3 is 1.55 bits per heavy atom. The summed E-state index contributed by atoms with van der Waals surface area (Å²) in [5.41, 5.74) is 14.2. The van der Waals surface area contributed by atoms with Gasteiger partial charge in [0.15, 0.2) is 0 Å². The van der Waals surface area contributed by atoms with Crippen molar-refractivity contribution in [2.75, 3.05) is 0 Å². The van der Waals surface area contributed by atoms with Crippen LogP contribution >= 0.6 is 0 Å². The first-order valence-electron chi connectivity index (χ1n) is 12.9. The van der Waals surface area contributed by atoms with Crippen LogP contribution in [0.15, 0.2) is 22.3 Å². The molecule has 0 heterocycles. The Labute approximate surface area is 192 Å². The average molecular weight is 392 g/mol. The monoisotopic (exact) mass is 391 g/mol. The molecule has 0 radical (unpaired) electrons. The van der Waals surface area contributed by atoms with Crippen LogP contribution in [0, 0.1) is 17.8 Å². The molecule has 3 saturated carbocycles. The predicted octanol–water partition coefficient (Wildman–Crippen LogP) is 7.20. The van der Waals surface area contributed by atoms with Gasteiger partial charge in [-0.2, -0.15) is 0 Å². The second-order valence-electron chi connectivity index (χ2n) is 10.8. The van der Waals surface area contributed by atoms with Gasteiger partial charge in [0.1, 0.15) is 0 Å². The minimum absolute atomic E-state index is 0. The molecule has 0 amide bonds. The first kappa shape index (κ1) is 23.7. The molecule has 0 aromatic carbocycles. The quantitative estimate of drug-likeness (QED) is 0.493. The number of hydrogen-bond acceptors (Lipinski definition) is 1. The third kappa shape index (κ3) is 5.10. The van der Waals surface area contributed by atoms with Gasteiger partial charge in [-0.3, -0.25) is 0 Å². The van der Waals surface area contributed by atoms with E-state index in [1.165, 1.54) is 103 Å². The zero-order valence-corrected chi connectivity index (χ0v) is 18.8. The maximum atomic E-state index is 7.02. The van der Waals surface area contributed by atoms with E-state index in [0.29, 0.717) is 0 Å². The van der Waals surface area contributed by atoms with Crippen molar-refractivity contribution in [3.63, 3.8) is 0 Å². The van der Waals surface area contributed by atoms with Crippen LogP contribution in [-0.4, -0.2) is 24.4 Å². The summed E-state index contributed by atoms with van der Waals surface area (Å²) >= 11 is 0. The zero-order chi connectivity index (χ0) is 19.6. The normalized spacial score (nSPS) is 27.8. The van der Waals surface area contributed by atoms with Gasteiger partial charge in [0.25, 0.3) is 0 Å². The van der Waals surface area contributed by atoms with E-state index in [-0.39, 0.29) is 24.4 Å². The summed E-state index contributed by atoms with van der Waals surface area (Å²) in [6.07, 6.45) is 24.0. The van der Waals surface area contributed by atoms with Crippen LogP contribution in [0.25, 0.3) is 0 Å². The fourth-order valence-corrected chi connectivity index (χ4v) is 6.99. The molecule has 0 saturated heterocycles. The van der Waals surface area contributed by atoms with Crippen LogP contribution in [0.4, 0.5) is 0 Å². The van der Waals surface area contributed by atoms with Crippen molar-refractivity contribution in [3.05, 3.63) is 22.3 Å². The Morgan fingerprint density at radius 2 is 1.10 bits per heavy atom. The van der Waals surface area contributed by atoms with Gasteiger partial charge in [0, 0.05) is 5.54 Å². The van der Waals surface area contributed by atoms with Crippen LogP contribution in [0.3, 0.4) is 0 Å². The Morgan fingerprint density at radius 1 is 0.690 bits per heavy atom. The van der Waals surface area contributed by atoms with E-state index < -0.39 is 0 Å². The minimum atomic E-state index is -0.108. The van der Waals surface area contributed by atoms with Crippen molar-refractivity contribution in [3.8, 4) is 0 Å². The molecule has 4 aliphatic rings. The molecule has 1 nitrogen and oxygen atoms in total. The van der Waals surface area contributed by atoms with E-state index in [1.54, 1.807) is 5.57 Å². The van der Waals surface area contributed by atoms with Gasteiger partial charge < -0.3 is 5.73 Å². The molecule has 1 unspecified atom stereocenters. The zero-order valence-electron chi connectivity index (χ0n) is 18.8. The fraction of sp³-hybridized carbons (Fsp3) is 0.852. The number of rotatable bonds is 5. The summed E-state index contributed by atoms with van der Waals surface area (Å²) in [4.78, 5) is 0.